The molecule has 0 unspecified atom stereocenters. The molecule has 0 aromatic heterocycles. The average Bonchev–Trinajstić information content (AvgIpc) is 2.61. The van der Waals surface area contributed by atoms with E-state index in [0.29, 0.717) is 12.6 Å². The summed E-state index contributed by atoms with van der Waals surface area (Å²) in [5.41, 5.74) is -1.61. The zero-order valence-corrected chi connectivity index (χ0v) is 16.6. The first kappa shape index (κ1) is 26.5. The van der Waals surface area contributed by atoms with Gasteiger partial charge in [-0.05, 0) is 6.42 Å². The van der Waals surface area contributed by atoms with Gasteiger partial charge in [0.2, 0.25) is 11.5 Å². The highest BCUT2D eigenvalue weighted by Crippen LogP contribution is 2.42. The van der Waals surface area contributed by atoms with E-state index < -0.39 is 39.3 Å². The molecule has 0 aliphatic heterocycles. The molecular weight excluding hydrogens is 376 g/mol. The fourth-order valence-corrected chi connectivity index (χ4v) is 3.11. The number of nitro benzene ring substituents is 1. The molecule has 0 spiro atoms. The van der Waals surface area contributed by atoms with Crippen LogP contribution in [0.3, 0.4) is 0 Å². The standard InChI is InChI=1S/C20H32N2O6.CH4/c1-2-3-4-5-6-7-8-9-10-11-12-13-21-20(26)17-15(23)14-16(24)18(19(17)25)22(27)28;/h14,23-25H,2-13H2,1H3,(H,21,26);1H4. The van der Waals surface area contributed by atoms with Gasteiger partial charge in [-0.2, -0.15) is 0 Å². The first-order valence-corrected chi connectivity index (χ1v) is 10.1. The average molecular weight is 413 g/mol. The summed E-state index contributed by atoms with van der Waals surface area (Å²) in [4.78, 5) is 22.0. The summed E-state index contributed by atoms with van der Waals surface area (Å²) in [6, 6.07) is 0.676. The monoisotopic (exact) mass is 412 g/mol. The van der Waals surface area contributed by atoms with Crippen molar-refractivity contribution in [3.8, 4) is 17.2 Å². The fraction of sp³-hybridized carbons (Fsp3) is 0.667. The van der Waals surface area contributed by atoms with Crippen LogP contribution < -0.4 is 5.32 Å². The highest BCUT2D eigenvalue weighted by atomic mass is 16.6. The van der Waals surface area contributed by atoms with Gasteiger partial charge in [0.25, 0.3) is 5.91 Å². The van der Waals surface area contributed by atoms with Crippen molar-refractivity contribution >= 4 is 11.6 Å². The van der Waals surface area contributed by atoms with Crippen LogP contribution in [-0.4, -0.2) is 32.7 Å². The van der Waals surface area contributed by atoms with Gasteiger partial charge < -0.3 is 20.6 Å². The van der Waals surface area contributed by atoms with Crippen molar-refractivity contribution in [1.82, 2.24) is 5.32 Å². The second-order valence-corrected chi connectivity index (χ2v) is 7.04. The van der Waals surface area contributed by atoms with Crippen LogP contribution in [0.25, 0.3) is 0 Å². The predicted octanol–water partition coefficient (Wildman–Crippen LogP) is 5.39. The normalized spacial score (nSPS) is 10.4. The largest absolute Gasteiger partial charge is 0.507 e. The molecule has 1 rings (SSSR count). The van der Waals surface area contributed by atoms with Crippen molar-refractivity contribution in [2.24, 2.45) is 0 Å². The van der Waals surface area contributed by atoms with Gasteiger partial charge in [0.15, 0.2) is 0 Å². The Morgan fingerprint density at radius 3 is 1.90 bits per heavy atom. The van der Waals surface area contributed by atoms with Crippen LogP contribution in [0.4, 0.5) is 5.69 Å². The van der Waals surface area contributed by atoms with Crippen LogP contribution in [0.15, 0.2) is 6.07 Å². The fourth-order valence-electron chi connectivity index (χ4n) is 3.11. The molecule has 1 aromatic carbocycles. The SMILES string of the molecule is C.CCCCCCCCCCCCCNC(=O)c1c(O)cc(O)c([N+](=O)[O-])c1O. The lowest BCUT2D eigenvalue weighted by atomic mass is 10.1. The summed E-state index contributed by atoms with van der Waals surface area (Å²) in [5, 5.41) is 42.4. The van der Waals surface area contributed by atoms with E-state index in [2.05, 4.69) is 12.2 Å². The van der Waals surface area contributed by atoms with Gasteiger partial charge in [0.1, 0.15) is 11.3 Å². The van der Waals surface area contributed by atoms with Gasteiger partial charge in [-0.15, -0.1) is 0 Å². The molecule has 1 aromatic rings. The summed E-state index contributed by atoms with van der Waals surface area (Å²) >= 11 is 0. The number of nitro groups is 1. The van der Waals surface area contributed by atoms with Gasteiger partial charge in [0.05, 0.1) is 4.92 Å². The van der Waals surface area contributed by atoms with Crippen molar-refractivity contribution in [3.05, 3.63) is 21.7 Å². The maximum Gasteiger partial charge on any atom is 0.353 e. The van der Waals surface area contributed by atoms with Crippen molar-refractivity contribution in [1.29, 1.82) is 0 Å². The minimum Gasteiger partial charge on any atom is -0.507 e. The van der Waals surface area contributed by atoms with Crippen LogP contribution in [0, 0.1) is 10.1 Å². The molecule has 0 radical (unpaired) electrons. The number of phenols is 3. The first-order chi connectivity index (χ1) is 13.4. The lowest BCUT2D eigenvalue weighted by Gasteiger charge is -2.09. The number of nitrogens with one attached hydrogen (secondary N) is 1. The summed E-state index contributed by atoms with van der Waals surface area (Å²) in [7, 11) is 0. The van der Waals surface area contributed by atoms with E-state index in [4.69, 9.17) is 0 Å². The van der Waals surface area contributed by atoms with Gasteiger partial charge in [0, 0.05) is 12.6 Å². The number of hydrogen-bond acceptors (Lipinski definition) is 6. The number of benzene rings is 1. The lowest BCUT2D eigenvalue weighted by molar-refractivity contribution is -0.386. The summed E-state index contributed by atoms with van der Waals surface area (Å²) < 4.78 is 0. The highest BCUT2D eigenvalue weighted by Gasteiger charge is 2.29. The van der Waals surface area contributed by atoms with Crippen LogP contribution in [0.1, 0.15) is 95.3 Å². The molecule has 0 saturated heterocycles. The Bertz CT molecular complexity index is 649. The molecule has 0 heterocycles. The minimum absolute atomic E-state index is 0. The Morgan fingerprint density at radius 1 is 0.931 bits per heavy atom. The number of carbonyl (C=O) groups excluding carboxylic acids is 1. The number of carbonyl (C=O) groups is 1. The van der Waals surface area contributed by atoms with Crippen molar-refractivity contribution in [2.75, 3.05) is 6.54 Å². The maximum atomic E-state index is 12.1. The maximum absolute atomic E-state index is 12.1. The van der Waals surface area contributed by atoms with Crippen LogP contribution in [0.2, 0.25) is 0 Å². The molecule has 0 fully saturated rings. The van der Waals surface area contributed by atoms with E-state index in [-0.39, 0.29) is 7.43 Å². The summed E-state index contributed by atoms with van der Waals surface area (Å²) in [5.74, 6) is -3.47. The molecule has 0 aliphatic rings. The van der Waals surface area contributed by atoms with Gasteiger partial charge in [-0.25, -0.2) is 0 Å². The summed E-state index contributed by atoms with van der Waals surface area (Å²) in [6.45, 7) is 2.55. The zero-order valence-electron chi connectivity index (χ0n) is 16.6. The molecule has 0 saturated carbocycles. The van der Waals surface area contributed by atoms with E-state index in [1.54, 1.807) is 0 Å². The smallest absolute Gasteiger partial charge is 0.353 e. The Balaban J connectivity index is 0.00000784. The van der Waals surface area contributed by atoms with Crippen molar-refractivity contribution in [3.63, 3.8) is 0 Å². The second-order valence-electron chi connectivity index (χ2n) is 7.04. The molecular formula is C21H36N2O6. The van der Waals surface area contributed by atoms with Crippen LogP contribution in [-0.2, 0) is 0 Å². The van der Waals surface area contributed by atoms with E-state index in [1.807, 2.05) is 0 Å². The molecule has 0 aliphatic carbocycles. The van der Waals surface area contributed by atoms with Gasteiger partial charge in [-0.1, -0.05) is 78.6 Å². The number of aromatic hydroxyl groups is 3. The Labute approximate surface area is 173 Å². The van der Waals surface area contributed by atoms with E-state index in [1.165, 1.54) is 44.9 Å². The number of rotatable bonds is 14. The summed E-state index contributed by atoms with van der Waals surface area (Å²) in [6.07, 6.45) is 12.9. The van der Waals surface area contributed by atoms with Crippen molar-refractivity contribution in [2.45, 2.75) is 85.0 Å². The molecule has 29 heavy (non-hydrogen) atoms. The first-order valence-electron chi connectivity index (χ1n) is 10.1. The van der Waals surface area contributed by atoms with Crippen LogP contribution in [0.5, 0.6) is 17.2 Å². The molecule has 0 bridgehead atoms. The number of unbranched alkanes of at least 4 members (excludes halogenated alkanes) is 10. The zero-order chi connectivity index (χ0) is 20.9. The third-order valence-electron chi connectivity index (χ3n) is 4.71. The third-order valence-corrected chi connectivity index (χ3v) is 4.71. The topological polar surface area (TPSA) is 133 Å². The minimum atomic E-state index is -1.04. The molecule has 0 atom stereocenters. The Kier molecular flexibility index (Phi) is 13.2. The quantitative estimate of drug-likeness (QED) is 0.184. The number of nitrogens with zero attached hydrogens (tertiary/aromatic N) is 1. The van der Waals surface area contributed by atoms with E-state index >= 15 is 0 Å². The van der Waals surface area contributed by atoms with E-state index in [0.717, 1.165) is 25.7 Å². The van der Waals surface area contributed by atoms with Crippen molar-refractivity contribution < 1.29 is 25.0 Å². The second kappa shape index (κ2) is 14.5. The number of hydrogen-bond donors (Lipinski definition) is 4. The van der Waals surface area contributed by atoms with Gasteiger partial charge >= 0.3 is 5.69 Å². The molecule has 4 N–H and O–H groups in total. The predicted molar refractivity (Wildman–Crippen MR) is 114 cm³/mol. The lowest BCUT2D eigenvalue weighted by Crippen LogP contribution is -2.24. The Morgan fingerprint density at radius 2 is 1.41 bits per heavy atom. The molecule has 8 heteroatoms. The molecule has 1 amide bonds. The van der Waals surface area contributed by atoms with Gasteiger partial charge in [-0.3, -0.25) is 14.9 Å². The number of phenolic OH excluding ortho intramolecular Hbond substituents is 3. The number of amides is 1. The molecule has 8 nitrogen and oxygen atoms in total. The Hall–Kier alpha value is -2.51. The third kappa shape index (κ3) is 9.02. The van der Waals surface area contributed by atoms with E-state index in [9.17, 15) is 30.2 Å². The molecule has 166 valence electrons. The highest BCUT2D eigenvalue weighted by molar-refractivity contribution is 6.01. The van der Waals surface area contributed by atoms with Crippen LogP contribution >= 0.6 is 0 Å².